The molecule has 6 heteroatoms. The number of amides is 1. The summed E-state index contributed by atoms with van der Waals surface area (Å²) in [5, 5.41) is 6.07. The van der Waals surface area contributed by atoms with Crippen LogP contribution in [0, 0.1) is 11.7 Å². The first kappa shape index (κ1) is 16.4. The molecule has 1 aromatic carbocycles. The maximum absolute atomic E-state index is 13.1. The lowest BCUT2D eigenvalue weighted by molar-refractivity contribution is -0.125. The second-order valence-electron chi connectivity index (χ2n) is 4.50. The van der Waals surface area contributed by atoms with Gasteiger partial charge in [0.05, 0.1) is 5.92 Å². The van der Waals surface area contributed by atoms with Crippen molar-refractivity contribution in [2.45, 2.75) is 19.4 Å². The number of benzene rings is 1. The summed E-state index contributed by atoms with van der Waals surface area (Å²) in [6.07, 6.45) is 1.95. The van der Waals surface area contributed by atoms with E-state index in [0.717, 1.165) is 36.0 Å². The van der Waals surface area contributed by atoms with Crippen LogP contribution in [0.4, 0.5) is 4.39 Å². The van der Waals surface area contributed by atoms with Crippen molar-refractivity contribution in [2.75, 3.05) is 13.1 Å². The zero-order chi connectivity index (χ0) is 13.0. The highest BCUT2D eigenvalue weighted by Crippen LogP contribution is 2.18. The minimum Gasteiger partial charge on any atom is -0.352 e. The number of hydrogen-bond acceptors (Lipinski definition) is 2. The quantitative estimate of drug-likeness (QED) is 0.879. The molecule has 1 heterocycles. The molecule has 1 aromatic rings. The molecule has 1 atom stereocenters. The Balaban J connectivity index is 0.00000180. The highest BCUT2D eigenvalue weighted by molar-refractivity contribution is 9.10. The molecule has 0 spiro atoms. The van der Waals surface area contributed by atoms with Gasteiger partial charge in [-0.15, -0.1) is 12.4 Å². The Labute approximate surface area is 126 Å². The lowest BCUT2D eigenvalue weighted by Crippen LogP contribution is -2.40. The van der Waals surface area contributed by atoms with Gasteiger partial charge in [0.2, 0.25) is 5.91 Å². The van der Waals surface area contributed by atoms with Crippen LogP contribution in [0.25, 0.3) is 0 Å². The first-order valence-electron chi connectivity index (χ1n) is 6.09. The molecule has 1 amide bonds. The highest BCUT2D eigenvalue weighted by Gasteiger charge is 2.20. The summed E-state index contributed by atoms with van der Waals surface area (Å²) in [6, 6.07) is 4.48. The summed E-state index contributed by atoms with van der Waals surface area (Å²) in [4.78, 5) is 11.9. The molecular weight excluding hydrogens is 335 g/mol. The molecule has 106 valence electrons. The first-order valence-corrected chi connectivity index (χ1v) is 6.88. The van der Waals surface area contributed by atoms with Gasteiger partial charge in [-0.2, -0.15) is 0 Å². The van der Waals surface area contributed by atoms with Gasteiger partial charge in [0.25, 0.3) is 0 Å². The van der Waals surface area contributed by atoms with E-state index < -0.39 is 0 Å². The summed E-state index contributed by atoms with van der Waals surface area (Å²) >= 11 is 3.35. The van der Waals surface area contributed by atoms with E-state index in [1.54, 1.807) is 6.07 Å². The summed E-state index contributed by atoms with van der Waals surface area (Å²) in [7, 11) is 0. The fraction of sp³-hybridized carbons (Fsp3) is 0.462. The average molecular weight is 352 g/mol. The third kappa shape index (κ3) is 4.75. The van der Waals surface area contributed by atoms with E-state index in [0.29, 0.717) is 6.54 Å². The van der Waals surface area contributed by atoms with Crippen molar-refractivity contribution in [3.8, 4) is 0 Å². The summed E-state index contributed by atoms with van der Waals surface area (Å²) < 4.78 is 13.9. The molecule has 0 saturated carbocycles. The smallest absolute Gasteiger partial charge is 0.224 e. The largest absolute Gasteiger partial charge is 0.352 e. The number of rotatable bonds is 3. The standard InChI is InChI=1S/C13H16BrFN2O.ClH/c14-12-4-3-11(15)6-10(12)8-17-13(18)9-2-1-5-16-7-9;/h3-4,6,9,16H,1-2,5,7-8H2,(H,17,18);1H/t9-;/m1./s1. The van der Waals surface area contributed by atoms with Crippen molar-refractivity contribution in [1.82, 2.24) is 10.6 Å². The van der Waals surface area contributed by atoms with E-state index in [1.807, 2.05) is 0 Å². The van der Waals surface area contributed by atoms with E-state index in [-0.39, 0.29) is 30.0 Å². The Kier molecular flexibility index (Phi) is 6.75. The summed E-state index contributed by atoms with van der Waals surface area (Å²) in [5.74, 6) is -0.216. The zero-order valence-corrected chi connectivity index (χ0v) is 12.8. The van der Waals surface area contributed by atoms with Crippen molar-refractivity contribution in [2.24, 2.45) is 5.92 Å². The van der Waals surface area contributed by atoms with E-state index >= 15 is 0 Å². The van der Waals surface area contributed by atoms with Crippen LogP contribution in [0.1, 0.15) is 18.4 Å². The van der Waals surface area contributed by atoms with Crippen molar-refractivity contribution < 1.29 is 9.18 Å². The Morgan fingerprint density at radius 1 is 1.53 bits per heavy atom. The fourth-order valence-electron chi connectivity index (χ4n) is 2.08. The number of carbonyl (C=O) groups excluding carboxylic acids is 1. The van der Waals surface area contributed by atoms with Gasteiger partial charge in [0.15, 0.2) is 0 Å². The van der Waals surface area contributed by atoms with Crippen LogP contribution >= 0.6 is 28.3 Å². The van der Waals surface area contributed by atoms with Crippen molar-refractivity contribution >= 4 is 34.2 Å². The van der Waals surface area contributed by atoms with Gasteiger partial charge in [-0.1, -0.05) is 15.9 Å². The molecule has 1 saturated heterocycles. The Morgan fingerprint density at radius 2 is 2.32 bits per heavy atom. The molecule has 2 N–H and O–H groups in total. The number of hydrogen-bond donors (Lipinski definition) is 2. The molecule has 2 rings (SSSR count). The molecule has 0 unspecified atom stereocenters. The monoisotopic (exact) mass is 350 g/mol. The molecule has 0 bridgehead atoms. The van der Waals surface area contributed by atoms with Crippen LogP contribution in [-0.2, 0) is 11.3 Å². The molecule has 19 heavy (non-hydrogen) atoms. The predicted molar refractivity (Wildman–Crippen MR) is 78.8 cm³/mol. The van der Waals surface area contributed by atoms with E-state index in [1.165, 1.54) is 12.1 Å². The van der Waals surface area contributed by atoms with Crippen LogP contribution in [0.15, 0.2) is 22.7 Å². The SMILES string of the molecule is Cl.O=C(NCc1cc(F)ccc1Br)[C@@H]1CCCNC1. The maximum atomic E-state index is 13.1. The van der Waals surface area contributed by atoms with Crippen LogP contribution in [-0.4, -0.2) is 19.0 Å². The van der Waals surface area contributed by atoms with Crippen LogP contribution in [0.5, 0.6) is 0 Å². The van der Waals surface area contributed by atoms with Gasteiger partial charge < -0.3 is 10.6 Å². The Morgan fingerprint density at radius 3 is 3.00 bits per heavy atom. The summed E-state index contributed by atoms with van der Waals surface area (Å²) in [5.41, 5.74) is 0.757. The topological polar surface area (TPSA) is 41.1 Å². The molecule has 0 aromatic heterocycles. The van der Waals surface area contributed by atoms with E-state index in [4.69, 9.17) is 0 Å². The average Bonchev–Trinajstić information content (AvgIpc) is 2.40. The highest BCUT2D eigenvalue weighted by atomic mass is 79.9. The normalized spacial score (nSPS) is 18.5. The molecule has 1 aliphatic rings. The minimum absolute atomic E-state index is 0. The molecule has 1 aliphatic heterocycles. The molecule has 3 nitrogen and oxygen atoms in total. The van der Waals surface area contributed by atoms with Crippen molar-refractivity contribution in [1.29, 1.82) is 0 Å². The second-order valence-corrected chi connectivity index (χ2v) is 5.35. The second kappa shape index (κ2) is 7.82. The van der Waals surface area contributed by atoms with Crippen molar-refractivity contribution in [3.05, 3.63) is 34.1 Å². The summed E-state index contributed by atoms with van der Waals surface area (Å²) in [6.45, 7) is 2.07. The number of nitrogens with one attached hydrogen (secondary N) is 2. The van der Waals surface area contributed by atoms with Gasteiger partial charge >= 0.3 is 0 Å². The number of halogens is 3. The lowest BCUT2D eigenvalue weighted by atomic mass is 9.99. The third-order valence-electron chi connectivity index (χ3n) is 3.13. The lowest BCUT2D eigenvalue weighted by Gasteiger charge is -2.22. The molecule has 0 radical (unpaired) electrons. The van der Waals surface area contributed by atoms with E-state index in [2.05, 4.69) is 26.6 Å². The zero-order valence-electron chi connectivity index (χ0n) is 10.4. The number of piperidine rings is 1. The minimum atomic E-state index is -0.290. The van der Waals surface area contributed by atoms with Crippen LogP contribution in [0.2, 0.25) is 0 Å². The van der Waals surface area contributed by atoms with Gasteiger partial charge in [-0.3, -0.25) is 4.79 Å². The van der Waals surface area contributed by atoms with Gasteiger partial charge in [0.1, 0.15) is 5.82 Å². The Hall–Kier alpha value is -0.650. The molecule has 1 fully saturated rings. The Bertz CT molecular complexity index is 439. The fourth-order valence-corrected chi connectivity index (χ4v) is 2.47. The molecular formula is C13H17BrClFN2O. The van der Waals surface area contributed by atoms with Gasteiger partial charge in [0, 0.05) is 17.6 Å². The van der Waals surface area contributed by atoms with Crippen LogP contribution < -0.4 is 10.6 Å². The van der Waals surface area contributed by atoms with Crippen LogP contribution in [0.3, 0.4) is 0 Å². The van der Waals surface area contributed by atoms with Gasteiger partial charge in [-0.25, -0.2) is 4.39 Å². The maximum Gasteiger partial charge on any atom is 0.224 e. The van der Waals surface area contributed by atoms with E-state index in [9.17, 15) is 9.18 Å². The predicted octanol–water partition coefficient (Wildman–Crippen LogP) is 2.63. The molecule has 0 aliphatic carbocycles. The third-order valence-corrected chi connectivity index (χ3v) is 3.90. The first-order chi connectivity index (χ1) is 8.66. The van der Waals surface area contributed by atoms with Crippen molar-refractivity contribution in [3.63, 3.8) is 0 Å². The number of carbonyl (C=O) groups is 1. The van der Waals surface area contributed by atoms with Gasteiger partial charge in [-0.05, 0) is 43.1 Å².